The van der Waals surface area contributed by atoms with Crippen molar-refractivity contribution in [3.05, 3.63) is 106 Å². The Morgan fingerprint density at radius 1 is 0.941 bits per heavy atom. The number of urea groups is 1. The van der Waals surface area contributed by atoms with Gasteiger partial charge in [0, 0.05) is 5.02 Å². The highest BCUT2D eigenvalue weighted by atomic mass is 35.5. The highest BCUT2D eigenvalue weighted by Gasteiger charge is 2.37. The maximum atomic E-state index is 13.2. The van der Waals surface area contributed by atoms with Crippen LogP contribution in [-0.4, -0.2) is 30.9 Å². The van der Waals surface area contributed by atoms with E-state index in [2.05, 4.69) is 10.1 Å². The summed E-state index contributed by atoms with van der Waals surface area (Å²) in [4.78, 5) is 50.8. The fourth-order valence-electron chi connectivity index (χ4n) is 3.59. The van der Waals surface area contributed by atoms with Crippen molar-refractivity contribution in [2.75, 3.05) is 12.0 Å². The molecule has 0 spiro atoms. The van der Waals surface area contributed by atoms with Crippen LogP contribution in [0, 0.1) is 0 Å². The standard InChI is InChI=1S/C26H19ClN2O5/c1-34-25(32)16-10-12-20(13-11-16)29-24(31)21(23(30)28-26(29)33)15-18-7-3-2-6-17(18)14-19-8-4-5-9-22(19)27/h2-13,15H,14H2,1H3,(H,28,30,33)/b21-15+. The Hall–Kier alpha value is -4.23. The molecule has 1 heterocycles. The average Bonchev–Trinajstić information content (AvgIpc) is 2.84. The van der Waals surface area contributed by atoms with Crippen molar-refractivity contribution >= 4 is 47.2 Å². The van der Waals surface area contributed by atoms with Crippen LogP contribution in [0.15, 0.2) is 78.4 Å². The SMILES string of the molecule is COC(=O)c1ccc(N2C(=O)NC(=O)/C(=C\c3ccccc3Cc3ccccc3Cl)C2=O)cc1. The predicted molar refractivity (Wildman–Crippen MR) is 127 cm³/mol. The zero-order valence-corrected chi connectivity index (χ0v) is 18.8. The number of amides is 4. The number of anilines is 1. The van der Waals surface area contributed by atoms with Gasteiger partial charge in [0.15, 0.2) is 0 Å². The van der Waals surface area contributed by atoms with Crippen molar-refractivity contribution in [2.45, 2.75) is 6.42 Å². The van der Waals surface area contributed by atoms with Crippen molar-refractivity contribution in [1.29, 1.82) is 0 Å². The molecule has 1 aliphatic rings. The number of rotatable bonds is 5. The van der Waals surface area contributed by atoms with Crippen molar-refractivity contribution in [3.63, 3.8) is 0 Å². The minimum atomic E-state index is -0.873. The molecule has 3 aromatic rings. The third kappa shape index (κ3) is 4.60. The molecule has 34 heavy (non-hydrogen) atoms. The Morgan fingerprint density at radius 3 is 2.26 bits per heavy atom. The van der Waals surface area contributed by atoms with E-state index in [0.29, 0.717) is 17.0 Å². The van der Waals surface area contributed by atoms with E-state index in [4.69, 9.17) is 11.6 Å². The van der Waals surface area contributed by atoms with Gasteiger partial charge in [-0.25, -0.2) is 14.5 Å². The van der Waals surface area contributed by atoms with Crippen LogP contribution in [0.4, 0.5) is 10.5 Å². The molecular formula is C26H19ClN2O5. The van der Waals surface area contributed by atoms with Crippen LogP contribution in [0.3, 0.4) is 0 Å². The minimum Gasteiger partial charge on any atom is -0.465 e. The van der Waals surface area contributed by atoms with Gasteiger partial charge in [-0.15, -0.1) is 0 Å². The average molecular weight is 475 g/mol. The second-order valence-electron chi connectivity index (χ2n) is 7.46. The van der Waals surface area contributed by atoms with Gasteiger partial charge >= 0.3 is 12.0 Å². The number of halogens is 1. The van der Waals surface area contributed by atoms with E-state index in [0.717, 1.165) is 16.0 Å². The smallest absolute Gasteiger partial charge is 0.337 e. The molecule has 0 bridgehead atoms. The first-order chi connectivity index (χ1) is 16.4. The molecule has 170 valence electrons. The van der Waals surface area contributed by atoms with Crippen LogP contribution in [0.25, 0.3) is 6.08 Å². The van der Waals surface area contributed by atoms with Gasteiger partial charge in [-0.2, -0.15) is 0 Å². The molecule has 1 aliphatic heterocycles. The van der Waals surface area contributed by atoms with Gasteiger partial charge in [0.25, 0.3) is 11.8 Å². The summed E-state index contributed by atoms with van der Waals surface area (Å²) in [7, 11) is 1.25. The lowest BCUT2D eigenvalue weighted by atomic mass is 9.97. The molecule has 1 N–H and O–H groups in total. The molecule has 0 unspecified atom stereocenters. The number of carbonyl (C=O) groups excluding carboxylic acids is 4. The summed E-state index contributed by atoms with van der Waals surface area (Å²) in [5.41, 5.74) is 2.68. The second-order valence-corrected chi connectivity index (χ2v) is 7.87. The summed E-state index contributed by atoms with van der Waals surface area (Å²) in [6.45, 7) is 0. The first kappa shape index (κ1) is 22.9. The number of hydrogen-bond donors (Lipinski definition) is 1. The van der Waals surface area contributed by atoms with E-state index in [1.807, 2.05) is 30.3 Å². The molecule has 0 atom stereocenters. The van der Waals surface area contributed by atoms with E-state index < -0.39 is 23.8 Å². The number of hydrogen-bond acceptors (Lipinski definition) is 5. The Morgan fingerprint density at radius 2 is 1.59 bits per heavy atom. The molecule has 4 rings (SSSR count). The molecular weight excluding hydrogens is 456 g/mol. The molecule has 0 saturated carbocycles. The lowest BCUT2D eigenvalue weighted by molar-refractivity contribution is -0.122. The van der Waals surface area contributed by atoms with Crippen LogP contribution in [0.5, 0.6) is 0 Å². The number of ether oxygens (including phenoxy) is 1. The normalized spacial score (nSPS) is 14.8. The third-order valence-electron chi connectivity index (χ3n) is 5.34. The summed E-state index contributed by atoms with van der Waals surface area (Å²) in [5, 5.41) is 2.82. The zero-order chi connectivity index (χ0) is 24.2. The molecule has 1 saturated heterocycles. The molecule has 7 nitrogen and oxygen atoms in total. The zero-order valence-electron chi connectivity index (χ0n) is 18.1. The summed E-state index contributed by atoms with van der Waals surface area (Å²) < 4.78 is 4.66. The monoisotopic (exact) mass is 474 g/mol. The molecule has 3 aromatic carbocycles. The lowest BCUT2D eigenvalue weighted by Crippen LogP contribution is -2.54. The number of esters is 1. The fraction of sp³-hybridized carbons (Fsp3) is 0.0769. The van der Waals surface area contributed by atoms with E-state index >= 15 is 0 Å². The summed E-state index contributed by atoms with van der Waals surface area (Å²) >= 11 is 6.30. The number of barbiturate groups is 1. The van der Waals surface area contributed by atoms with Crippen molar-refractivity contribution in [1.82, 2.24) is 5.32 Å². The number of carbonyl (C=O) groups is 4. The van der Waals surface area contributed by atoms with Crippen LogP contribution in [-0.2, 0) is 20.7 Å². The largest absolute Gasteiger partial charge is 0.465 e. The minimum absolute atomic E-state index is 0.191. The van der Waals surface area contributed by atoms with Gasteiger partial charge < -0.3 is 4.74 Å². The first-order valence-electron chi connectivity index (χ1n) is 10.3. The highest BCUT2D eigenvalue weighted by Crippen LogP contribution is 2.25. The molecule has 1 fully saturated rings. The van der Waals surface area contributed by atoms with Crippen LogP contribution in [0.2, 0.25) is 5.02 Å². The Labute approximate surface area is 200 Å². The maximum Gasteiger partial charge on any atom is 0.337 e. The number of benzene rings is 3. The Balaban J connectivity index is 1.68. The van der Waals surface area contributed by atoms with Gasteiger partial charge in [0.2, 0.25) is 0 Å². The molecule has 0 aliphatic carbocycles. The highest BCUT2D eigenvalue weighted by molar-refractivity contribution is 6.39. The van der Waals surface area contributed by atoms with Gasteiger partial charge in [0.05, 0.1) is 18.4 Å². The number of nitrogens with zero attached hydrogens (tertiary/aromatic N) is 1. The maximum absolute atomic E-state index is 13.2. The lowest BCUT2D eigenvalue weighted by Gasteiger charge is -2.26. The third-order valence-corrected chi connectivity index (χ3v) is 5.71. The first-order valence-corrected chi connectivity index (χ1v) is 10.7. The molecule has 8 heteroatoms. The van der Waals surface area contributed by atoms with Gasteiger partial charge in [-0.1, -0.05) is 54.1 Å². The van der Waals surface area contributed by atoms with Gasteiger partial charge in [-0.05, 0) is 59.5 Å². The van der Waals surface area contributed by atoms with Crippen LogP contribution >= 0.6 is 11.6 Å². The van der Waals surface area contributed by atoms with E-state index in [1.165, 1.54) is 37.5 Å². The summed E-state index contributed by atoms with van der Waals surface area (Å²) in [5.74, 6) is -2.11. The van der Waals surface area contributed by atoms with Crippen molar-refractivity contribution < 1.29 is 23.9 Å². The topological polar surface area (TPSA) is 92.8 Å². The molecule has 4 amide bonds. The fourth-order valence-corrected chi connectivity index (χ4v) is 3.80. The quantitative estimate of drug-likeness (QED) is 0.336. The van der Waals surface area contributed by atoms with E-state index in [9.17, 15) is 19.2 Å². The van der Waals surface area contributed by atoms with Crippen molar-refractivity contribution in [3.8, 4) is 0 Å². The number of methoxy groups -OCH3 is 1. The Bertz CT molecular complexity index is 1330. The second kappa shape index (κ2) is 9.72. The van der Waals surface area contributed by atoms with Gasteiger partial charge in [-0.3, -0.25) is 14.9 Å². The van der Waals surface area contributed by atoms with Crippen LogP contribution in [0.1, 0.15) is 27.0 Å². The van der Waals surface area contributed by atoms with E-state index in [1.54, 1.807) is 18.2 Å². The van der Waals surface area contributed by atoms with E-state index in [-0.39, 0.29) is 16.8 Å². The van der Waals surface area contributed by atoms with Crippen LogP contribution < -0.4 is 10.2 Å². The summed E-state index contributed by atoms with van der Waals surface area (Å²) in [6, 6.07) is 19.6. The molecule has 0 radical (unpaired) electrons. The van der Waals surface area contributed by atoms with Crippen molar-refractivity contribution in [2.24, 2.45) is 0 Å². The number of imide groups is 2. The molecule has 0 aromatic heterocycles. The Kier molecular flexibility index (Phi) is 6.56. The van der Waals surface area contributed by atoms with Gasteiger partial charge in [0.1, 0.15) is 5.57 Å². The summed E-state index contributed by atoms with van der Waals surface area (Å²) in [6.07, 6.45) is 1.96. The number of nitrogens with one attached hydrogen (secondary N) is 1. The predicted octanol–water partition coefficient (Wildman–Crippen LogP) is 4.38.